The molecule has 3 aromatic rings. The normalized spacial score (nSPS) is 15.4. The lowest BCUT2D eigenvalue weighted by molar-refractivity contribution is 0.392. The number of aryl methyl sites for hydroxylation is 1. The third-order valence-electron chi connectivity index (χ3n) is 4.84. The second-order valence-electron chi connectivity index (χ2n) is 7.20. The quantitative estimate of drug-likeness (QED) is 0.283. The van der Waals surface area contributed by atoms with E-state index in [-0.39, 0.29) is 28.5 Å². The summed E-state index contributed by atoms with van der Waals surface area (Å²) in [5.41, 5.74) is 0.383. The van der Waals surface area contributed by atoms with Crippen molar-refractivity contribution in [1.29, 1.82) is 0 Å². The average molecular weight is 494 g/mol. The van der Waals surface area contributed by atoms with Gasteiger partial charge in [0.05, 0.1) is 11.1 Å². The van der Waals surface area contributed by atoms with Gasteiger partial charge in [-0.1, -0.05) is 6.07 Å². The molecule has 11 nitrogen and oxygen atoms in total. The van der Waals surface area contributed by atoms with Crippen LogP contribution < -0.4 is 19.4 Å². The summed E-state index contributed by atoms with van der Waals surface area (Å²) in [7, 11) is -7.81. The van der Waals surface area contributed by atoms with Crippen LogP contribution in [-0.4, -0.2) is 33.6 Å². The number of nitrogens with one attached hydrogen (secondary N) is 2. The van der Waals surface area contributed by atoms with E-state index in [0.717, 1.165) is 6.20 Å². The Labute approximate surface area is 188 Å². The molecule has 0 atom stereocenters. The fourth-order valence-corrected chi connectivity index (χ4v) is 5.47. The monoisotopic (exact) mass is 493 g/mol. The number of nitrogens with zero attached hydrogens (tertiary/aromatic N) is 1. The SMILES string of the molecule is O=c1ccc2cc(S(=O)(=O)NCCCc3ccc(N4C=C(O)NS4(=O)=O)c(O)c3)ccc2o1. The summed E-state index contributed by atoms with van der Waals surface area (Å²) in [4.78, 5) is 11.3. The zero-order valence-corrected chi connectivity index (χ0v) is 18.6. The molecule has 1 aliphatic rings. The lowest BCUT2D eigenvalue weighted by atomic mass is 10.1. The van der Waals surface area contributed by atoms with Crippen LogP contribution in [0.4, 0.5) is 5.69 Å². The first-order chi connectivity index (χ1) is 15.5. The van der Waals surface area contributed by atoms with Gasteiger partial charge in [-0.25, -0.2) is 27.0 Å². The minimum absolute atomic E-state index is 0.0302. The first-order valence-electron chi connectivity index (χ1n) is 9.64. The number of hydrogen-bond acceptors (Lipinski definition) is 8. The number of fused-ring (bicyclic) bond motifs is 1. The third kappa shape index (κ3) is 4.79. The number of benzene rings is 2. The Morgan fingerprint density at radius 3 is 2.55 bits per heavy atom. The molecule has 13 heteroatoms. The molecule has 0 unspecified atom stereocenters. The highest BCUT2D eigenvalue weighted by atomic mass is 32.2. The highest BCUT2D eigenvalue weighted by Gasteiger charge is 2.30. The maximum atomic E-state index is 12.5. The number of hydrogen-bond donors (Lipinski definition) is 4. The van der Waals surface area contributed by atoms with E-state index >= 15 is 0 Å². The van der Waals surface area contributed by atoms with Gasteiger partial charge in [-0.15, -0.1) is 0 Å². The van der Waals surface area contributed by atoms with Crippen molar-refractivity contribution in [2.75, 3.05) is 10.8 Å². The Morgan fingerprint density at radius 1 is 1.06 bits per heavy atom. The van der Waals surface area contributed by atoms with Crippen LogP contribution in [0.15, 0.2) is 74.7 Å². The van der Waals surface area contributed by atoms with Gasteiger partial charge in [-0.2, -0.15) is 8.42 Å². The van der Waals surface area contributed by atoms with E-state index < -0.39 is 31.7 Å². The number of sulfonamides is 1. The maximum Gasteiger partial charge on any atom is 0.336 e. The van der Waals surface area contributed by atoms with Crippen molar-refractivity contribution in [3.63, 3.8) is 0 Å². The second-order valence-corrected chi connectivity index (χ2v) is 10.5. The van der Waals surface area contributed by atoms with Crippen LogP contribution in [0.25, 0.3) is 11.0 Å². The van der Waals surface area contributed by atoms with Crippen LogP contribution in [0.1, 0.15) is 12.0 Å². The van der Waals surface area contributed by atoms with Crippen molar-refractivity contribution >= 4 is 36.9 Å². The summed E-state index contributed by atoms with van der Waals surface area (Å²) in [6.45, 7) is 0.119. The molecule has 2 aromatic carbocycles. The molecule has 0 fully saturated rings. The molecule has 0 radical (unpaired) electrons. The Balaban J connectivity index is 1.38. The van der Waals surface area contributed by atoms with E-state index in [1.807, 2.05) is 4.72 Å². The summed E-state index contributed by atoms with van der Waals surface area (Å²) < 4.78 is 59.0. The Morgan fingerprint density at radius 2 is 1.85 bits per heavy atom. The van der Waals surface area contributed by atoms with Crippen molar-refractivity contribution in [3.05, 3.63) is 76.6 Å². The highest BCUT2D eigenvalue weighted by molar-refractivity contribution is 7.91. The molecule has 0 amide bonds. The smallest absolute Gasteiger partial charge is 0.336 e. The molecule has 2 heterocycles. The van der Waals surface area contributed by atoms with Crippen LogP contribution in [0, 0.1) is 0 Å². The van der Waals surface area contributed by atoms with Crippen molar-refractivity contribution in [3.8, 4) is 5.75 Å². The lowest BCUT2D eigenvalue weighted by Crippen LogP contribution is -2.29. The summed E-state index contributed by atoms with van der Waals surface area (Å²) in [5, 5.41) is 20.1. The van der Waals surface area contributed by atoms with Gasteiger partial charge in [0.15, 0.2) is 0 Å². The van der Waals surface area contributed by atoms with Gasteiger partial charge >= 0.3 is 15.8 Å². The Bertz CT molecular complexity index is 1530. The maximum absolute atomic E-state index is 12.5. The predicted octanol–water partition coefficient (Wildman–Crippen LogP) is 1.42. The third-order valence-corrected chi connectivity index (χ3v) is 7.59. The topological polar surface area (TPSA) is 166 Å². The number of phenols is 1. The Hall–Kier alpha value is -3.55. The molecule has 1 aromatic heterocycles. The first-order valence-corrected chi connectivity index (χ1v) is 12.6. The van der Waals surface area contributed by atoms with E-state index in [1.54, 1.807) is 6.07 Å². The zero-order valence-electron chi connectivity index (χ0n) is 16.9. The molecule has 0 saturated heterocycles. The number of phenolic OH excluding ortho intramolecular Hbond substituents is 1. The van der Waals surface area contributed by atoms with Crippen LogP contribution in [0.5, 0.6) is 5.75 Å². The summed E-state index contributed by atoms with van der Waals surface area (Å²) >= 11 is 0. The second kappa shape index (κ2) is 8.42. The molecular weight excluding hydrogens is 474 g/mol. The number of aliphatic hydroxyl groups excluding tert-OH is 1. The molecular formula is C20H19N3O8S2. The van der Waals surface area contributed by atoms with E-state index in [0.29, 0.717) is 28.1 Å². The molecule has 0 spiro atoms. The molecule has 4 N–H and O–H groups in total. The van der Waals surface area contributed by atoms with Gasteiger partial charge in [0.25, 0.3) is 0 Å². The van der Waals surface area contributed by atoms with Gasteiger partial charge in [-0.3, -0.25) is 0 Å². The van der Waals surface area contributed by atoms with Crippen LogP contribution in [-0.2, 0) is 26.7 Å². The average Bonchev–Trinajstić information content (AvgIpc) is 3.02. The number of rotatable bonds is 7. The summed E-state index contributed by atoms with van der Waals surface area (Å²) in [6, 6.07) is 11.2. The predicted molar refractivity (Wildman–Crippen MR) is 119 cm³/mol. The lowest BCUT2D eigenvalue weighted by Gasteiger charge is -2.16. The molecule has 0 bridgehead atoms. The van der Waals surface area contributed by atoms with Gasteiger partial charge in [-0.05, 0) is 54.8 Å². The van der Waals surface area contributed by atoms with Crippen molar-refractivity contribution in [2.45, 2.75) is 17.7 Å². The highest BCUT2D eigenvalue weighted by Crippen LogP contribution is 2.32. The minimum atomic E-state index is -4.02. The largest absolute Gasteiger partial charge is 0.506 e. The molecule has 0 aliphatic carbocycles. The van der Waals surface area contributed by atoms with Crippen LogP contribution >= 0.6 is 0 Å². The van der Waals surface area contributed by atoms with Gasteiger partial charge in [0.1, 0.15) is 17.0 Å². The van der Waals surface area contributed by atoms with E-state index in [2.05, 4.69) is 4.72 Å². The van der Waals surface area contributed by atoms with Crippen molar-refractivity contribution in [2.24, 2.45) is 0 Å². The van der Waals surface area contributed by atoms with Crippen LogP contribution in [0.3, 0.4) is 0 Å². The summed E-state index contributed by atoms with van der Waals surface area (Å²) in [6.07, 6.45) is 1.75. The van der Waals surface area contributed by atoms with E-state index in [4.69, 9.17) is 4.42 Å². The number of anilines is 1. The van der Waals surface area contributed by atoms with Crippen molar-refractivity contribution < 1.29 is 31.5 Å². The fourth-order valence-electron chi connectivity index (χ4n) is 3.30. The molecule has 0 saturated carbocycles. The van der Waals surface area contributed by atoms with Gasteiger partial charge in [0, 0.05) is 18.0 Å². The molecule has 33 heavy (non-hydrogen) atoms. The van der Waals surface area contributed by atoms with Crippen LogP contribution in [0.2, 0.25) is 0 Å². The number of aliphatic hydroxyl groups is 1. The van der Waals surface area contributed by atoms with E-state index in [1.165, 1.54) is 42.5 Å². The molecule has 174 valence electrons. The standard InChI is InChI=1S/C20H19N3O8S2/c24-17-10-13(3-6-16(17)23-12-19(25)22-33(23,29)30)2-1-9-21-32(27,28)15-5-7-18-14(11-15)4-8-20(26)31-18/h3-8,10-12,21-22,24-25H,1-2,9H2. The Kier molecular flexibility index (Phi) is 5.78. The first kappa shape index (κ1) is 22.6. The summed E-state index contributed by atoms with van der Waals surface area (Å²) in [5.74, 6) is -0.881. The van der Waals surface area contributed by atoms with Crippen molar-refractivity contribution in [1.82, 2.24) is 9.44 Å². The zero-order chi connectivity index (χ0) is 23.8. The van der Waals surface area contributed by atoms with Gasteiger partial charge < -0.3 is 14.6 Å². The minimum Gasteiger partial charge on any atom is -0.506 e. The molecule has 4 rings (SSSR count). The fraction of sp³-hybridized carbons (Fsp3) is 0.150. The number of aromatic hydroxyl groups is 1. The van der Waals surface area contributed by atoms with Gasteiger partial charge in [0.2, 0.25) is 15.9 Å². The molecule has 1 aliphatic heterocycles. The van der Waals surface area contributed by atoms with E-state index in [9.17, 15) is 31.8 Å².